The van der Waals surface area contributed by atoms with Crippen molar-refractivity contribution in [2.75, 3.05) is 33.3 Å². The SMILES string of the molecule is CNCc1ccccc1OCCN1CC(C)OC(C)C1. The van der Waals surface area contributed by atoms with Gasteiger partial charge < -0.3 is 14.8 Å². The van der Waals surface area contributed by atoms with Gasteiger partial charge in [-0.15, -0.1) is 0 Å². The lowest BCUT2D eigenvalue weighted by Crippen LogP contribution is -2.46. The third-order valence-electron chi connectivity index (χ3n) is 3.50. The molecule has 112 valence electrons. The van der Waals surface area contributed by atoms with Crippen molar-refractivity contribution < 1.29 is 9.47 Å². The molecule has 1 aromatic rings. The van der Waals surface area contributed by atoms with Gasteiger partial charge >= 0.3 is 0 Å². The summed E-state index contributed by atoms with van der Waals surface area (Å²) in [5.74, 6) is 0.983. The summed E-state index contributed by atoms with van der Waals surface area (Å²) in [5, 5.41) is 3.17. The van der Waals surface area contributed by atoms with Crippen LogP contribution in [-0.2, 0) is 11.3 Å². The maximum atomic E-state index is 5.94. The highest BCUT2D eigenvalue weighted by atomic mass is 16.5. The van der Waals surface area contributed by atoms with Crippen molar-refractivity contribution in [3.63, 3.8) is 0 Å². The molecule has 1 heterocycles. The second kappa shape index (κ2) is 7.62. The quantitative estimate of drug-likeness (QED) is 0.861. The Morgan fingerprint density at radius 1 is 1.25 bits per heavy atom. The van der Waals surface area contributed by atoms with Crippen LogP contribution in [0.15, 0.2) is 24.3 Å². The van der Waals surface area contributed by atoms with Crippen molar-refractivity contribution in [3.8, 4) is 5.75 Å². The Morgan fingerprint density at radius 3 is 2.65 bits per heavy atom. The van der Waals surface area contributed by atoms with Crippen LogP contribution in [0, 0.1) is 0 Å². The zero-order valence-electron chi connectivity index (χ0n) is 12.8. The maximum absolute atomic E-state index is 5.94. The lowest BCUT2D eigenvalue weighted by Gasteiger charge is -2.35. The summed E-state index contributed by atoms with van der Waals surface area (Å²) in [6, 6.07) is 8.21. The Morgan fingerprint density at radius 2 is 1.95 bits per heavy atom. The molecule has 0 saturated carbocycles. The van der Waals surface area contributed by atoms with E-state index in [1.807, 2.05) is 25.2 Å². The van der Waals surface area contributed by atoms with E-state index >= 15 is 0 Å². The van der Waals surface area contributed by atoms with Gasteiger partial charge in [0.05, 0.1) is 12.2 Å². The van der Waals surface area contributed by atoms with Gasteiger partial charge in [-0.05, 0) is 27.0 Å². The molecular formula is C16H26N2O2. The molecule has 1 aliphatic rings. The fourth-order valence-electron chi connectivity index (χ4n) is 2.73. The molecule has 1 fully saturated rings. The second-order valence-electron chi connectivity index (χ2n) is 5.50. The Balaban J connectivity index is 1.81. The average Bonchev–Trinajstić information content (AvgIpc) is 2.40. The number of ether oxygens (including phenoxy) is 2. The topological polar surface area (TPSA) is 33.7 Å². The number of rotatable bonds is 6. The summed E-state index contributed by atoms with van der Waals surface area (Å²) >= 11 is 0. The number of benzene rings is 1. The highest BCUT2D eigenvalue weighted by Gasteiger charge is 2.21. The normalized spacial score (nSPS) is 23.8. The van der Waals surface area contributed by atoms with E-state index in [0.717, 1.165) is 38.5 Å². The third-order valence-corrected chi connectivity index (χ3v) is 3.50. The van der Waals surface area contributed by atoms with Crippen molar-refractivity contribution in [1.29, 1.82) is 0 Å². The molecule has 1 aliphatic heterocycles. The summed E-state index contributed by atoms with van der Waals surface area (Å²) in [5.41, 5.74) is 1.21. The van der Waals surface area contributed by atoms with Crippen LogP contribution in [0.1, 0.15) is 19.4 Å². The van der Waals surface area contributed by atoms with Gasteiger partial charge in [-0.1, -0.05) is 18.2 Å². The van der Waals surface area contributed by atoms with Gasteiger partial charge in [0.15, 0.2) is 0 Å². The van der Waals surface area contributed by atoms with Gasteiger partial charge in [0.2, 0.25) is 0 Å². The minimum atomic E-state index is 0.315. The summed E-state index contributed by atoms with van der Waals surface area (Å²) in [4.78, 5) is 2.42. The van der Waals surface area contributed by atoms with E-state index in [0.29, 0.717) is 12.2 Å². The second-order valence-corrected chi connectivity index (χ2v) is 5.50. The van der Waals surface area contributed by atoms with E-state index in [9.17, 15) is 0 Å². The molecule has 2 rings (SSSR count). The molecule has 20 heavy (non-hydrogen) atoms. The number of hydrogen-bond acceptors (Lipinski definition) is 4. The van der Waals surface area contributed by atoms with Gasteiger partial charge in [-0.3, -0.25) is 4.90 Å². The molecule has 2 atom stereocenters. The van der Waals surface area contributed by atoms with Crippen LogP contribution in [0.25, 0.3) is 0 Å². The predicted octanol–water partition coefficient (Wildman–Crippen LogP) is 1.89. The highest BCUT2D eigenvalue weighted by molar-refractivity contribution is 5.33. The van der Waals surface area contributed by atoms with Crippen LogP contribution in [-0.4, -0.2) is 50.4 Å². The summed E-state index contributed by atoms with van der Waals surface area (Å²) in [7, 11) is 1.95. The Labute approximate surface area is 122 Å². The molecule has 0 aromatic heterocycles. The average molecular weight is 278 g/mol. The zero-order valence-corrected chi connectivity index (χ0v) is 12.8. The first-order valence-corrected chi connectivity index (χ1v) is 7.42. The number of para-hydroxylation sites is 1. The highest BCUT2D eigenvalue weighted by Crippen LogP contribution is 2.18. The largest absolute Gasteiger partial charge is 0.492 e. The van der Waals surface area contributed by atoms with Crippen LogP contribution >= 0.6 is 0 Å². The van der Waals surface area contributed by atoms with Crippen LogP contribution < -0.4 is 10.1 Å². The minimum Gasteiger partial charge on any atom is -0.492 e. The molecule has 0 bridgehead atoms. The Hall–Kier alpha value is -1.10. The molecule has 4 nitrogen and oxygen atoms in total. The van der Waals surface area contributed by atoms with Crippen molar-refractivity contribution in [3.05, 3.63) is 29.8 Å². The molecule has 1 aromatic carbocycles. The van der Waals surface area contributed by atoms with Gasteiger partial charge in [0.1, 0.15) is 12.4 Å². The van der Waals surface area contributed by atoms with Crippen LogP contribution in [0.2, 0.25) is 0 Å². The summed E-state index contributed by atoms with van der Waals surface area (Å²) in [6.07, 6.45) is 0.630. The number of morpholine rings is 1. The molecule has 0 amide bonds. The number of nitrogens with one attached hydrogen (secondary N) is 1. The van der Waals surface area contributed by atoms with Crippen molar-refractivity contribution in [1.82, 2.24) is 10.2 Å². The maximum Gasteiger partial charge on any atom is 0.123 e. The number of nitrogens with zero attached hydrogens (tertiary/aromatic N) is 1. The van der Waals surface area contributed by atoms with Gasteiger partial charge in [-0.25, -0.2) is 0 Å². The summed E-state index contributed by atoms with van der Waals surface area (Å²) < 4.78 is 11.7. The molecule has 2 unspecified atom stereocenters. The van der Waals surface area contributed by atoms with E-state index in [2.05, 4.69) is 30.1 Å². The van der Waals surface area contributed by atoms with E-state index in [1.165, 1.54) is 5.56 Å². The van der Waals surface area contributed by atoms with E-state index in [-0.39, 0.29) is 0 Å². The zero-order chi connectivity index (χ0) is 14.4. The van der Waals surface area contributed by atoms with Crippen molar-refractivity contribution in [2.24, 2.45) is 0 Å². The molecule has 0 radical (unpaired) electrons. The predicted molar refractivity (Wildman–Crippen MR) is 81.1 cm³/mol. The smallest absolute Gasteiger partial charge is 0.123 e. The fourth-order valence-corrected chi connectivity index (χ4v) is 2.73. The first kappa shape index (κ1) is 15.3. The molecule has 1 saturated heterocycles. The lowest BCUT2D eigenvalue weighted by molar-refractivity contribution is -0.0699. The first-order valence-electron chi connectivity index (χ1n) is 7.42. The van der Waals surface area contributed by atoms with Gasteiger partial charge in [0.25, 0.3) is 0 Å². The number of hydrogen-bond donors (Lipinski definition) is 1. The van der Waals surface area contributed by atoms with Gasteiger partial charge in [0, 0.05) is 31.7 Å². The summed E-state index contributed by atoms with van der Waals surface area (Å²) in [6.45, 7) is 8.75. The molecule has 0 spiro atoms. The van der Waals surface area contributed by atoms with Crippen LogP contribution in [0.5, 0.6) is 5.75 Å². The van der Waals surface area contributed by atoms with E-state index < -0.39 is 0 Å². The fraction of sp³-hybridized carbons (Fsp3) is 0.625. The minimum absolute atomic E-state index is 0.315. The van der Waals surface area contributed by atoms with E-state index in [1.54, 1.807) is 0 Å². The Bertz CT molecular complexity index is 401. The van der Waals surface area contributed by atoms with E-state index in [4.69, 9.17) is 9.47 Å². The first-order chi connectivity index (χ1) is 9.69. The van der Waals surface area contributed by atoms with Crippen molar-refractivity contribution in [2.45, 2.75) is 32.6 Å². The molecule has 1 N–H and O–H groups in total. The molecule has 4 heteroatoms. The molecule has 0 aliphatic carbocycles. The van der Waals surface area contributed by atoms with Gasteiger partial charge in [-0.2, -0.15) is 0 Å². The third kappa shape index (κ3) is 4.47. The van der Waals surface area contributed by atoms with Crippen molar-refractivity contribution >= 4 is 0 Å². The monoisotopic (exact) mass is 278 g/mol. The lowest BCUT2D eigenvalue weighted by atomic mass is 10.2. The standard InChI is InChI=1S/C16H26N2O2/c1-13-11-18(12-14(2)20-13)8-9-19-16-7-5-4-6-15(16)10-17-3/h4-7,13-14,17H,8-12H2,1-3H3. The van der Waals surface area contributed by atoms with Crippen LogP contribution in [0.3, 0.4) is 0 Å². The molecular weight excluding hydrogens is 252 g/mol. The van der Waals surface area contributed by atoms with Crippen LogP contribution in [0.4, 0.5) is 0 Å². The Kier molecular flexibility index (Phi) is 5.83.